The molecule has 1 saturated heterocycles. The molecular formula is C20H23N3O2. The van der Waals surface area contributed by atoms with E-state index in [1.165, 1.54) is 18.4 Å². The van der Waals surface area contributed by atoms with Crippen LogP contribution in [0.4, 0.5) is 0 Å². The number of nitrogens with zero attached hydrogens (tertiary/aromatic N) is 1. The van der Waals surface area contributed by atoms with Crippen LogP contribution in [0.5, 0.6) is 0 Å². The number of amides is 2. The van der Waals surface area contributed by atoms with E-state index in [4.69, 9.17) is 5.73 Å². The summed E-state index contributed by atoms with van der Waals surface area (Å²) in [4.78, 5) is 26.0. The van der Waals surface area contributed by atoms with Gasteiger partial charge in [-0.15, -0.1) is 0 Å². The Labute approximate surface area is 147 Å². The van der Waals surface area contributed by atoms with E-state index in [2.05, 4.69) is 22.3 Å². The van der Waals surface area contributed by atoms with Crippen molar-refractivity contribution < 1.29 is 9.59 Å². The highest BCUT2D eigenvalue weighted by atomic mass is 16.2. The third-order valence-corrected chi connectivity index (χ3v) is 4.65. The first-order valence-corrected chi connectivity index (χ1v) is 8.62. The predicted molar refractivity (Wildman–Crippen MR) is 97.3 cm³/mol. The van der Waals surface area contributed by atoms with Crippen molar-refractivity contribution >= 4 is 11.8 Å². The van der Waals surface area contributed by atoms with E-state index in [1.54, 1.807) is 24.3 Å². The number of carbonyl (C=O) groups is 2. The predicted octanol–water partition coefficient (Wildman–Crippen LogP) is 2.35. The normalized spacial score (nSPS) is 15.7. The molecule has 3 rings (SSSR count). The van der Waals surface area contributed by atoms with Crippen LogP contribution in [-0.4, -0.2) is 36.3 Å². The maximum atomic E-state index is 12.4. The largest absolute Gasteiger partial charge is 0.366 e. The summed E-state index contributed by atoms with van der Waals surface area (Å²) < 4.78 is 0. The van der Waals surface area contributed by atoms with Gasteiger partial charge in [-0.05, 0) is 55.8 Å². The van der Waals surface area contributed by atoms with E-state index >= 15 is 0 Å². The van der Waals surface area contributed by atoms with Crippen molar-refractivity contribution in [2.24, 2.45) is 5.73 Å². The molecule has 130 valence electrons. The fourth-order valence-electron chi connectivity index (χ4n) is 3.26. The Bertz CT molecular complexity index is 722. The molecule has 1 aliphatic rings. The van der Waals surface area contributed by atoms with Crippen molar-refractivity contribution in [3.8, 4) is 0 Å². The maximum absolute atomic E-state index is 12.4. The highest BCUT2D eigenvalue weighted by molar-refractivity contribution is 5.97. The molecule has 0 spiro atoms. The standard InChI is InChI=1S/C20H23N3O2/c21-19(24)16-8-10-17(11-9-16)20(25)22-14-18(23-12-4-5-13-23)15-6-2-1-3-7-15/h1-3,6-11,18H,4-5,12-14H2,(H2,21,24)(H,22,25). The van der Waals surface area contributed by atoms with Gasteiger partial charge >= 0.3 is 0 Å². The number of hydrogen-bond donors (Lipinski definition) is 2. The number of primary amides is 1. The number of carbonyl (C=O) groups excluding carboxylic acids is 2. The van der Waals surface area contributed by atoms with E-state index in [0.29, 0.717) is 17.7 Å². The van der Waals surface area contributed by atoms with E-state index in [0.717, 1.165) is 13.1 Å². The minimum absolute atomic E-state index is 0.142. The van der Waals surface area contributed by atoms with Crippen molar-refractivity contribution in [3.05, 3.63) is 71.3 Å². The summed E-state index contributed by atoms with van der Waals surface area (Å²) in [5, 5.41) is 3.03. The van der Waals surface area contributed by atoms with Crippen LogP contribution in [0.3, 0.4) is 0 Å². The van der Waals surface area contributed by atoms with Crippen molar-refractivity contribution in [3.63, 3.8) is 0 Å². The average Bonchev–Trinajstić information content (AvgIpc) is 3.17. The van der Waals surface area contributed by atoms with Crippen molar-refractivity contribution in [2.75, 3.05) is 19.6 Å². The number of nitrogens with two attached hydrogens (primary N) is 1. The minimum Gasteiger partial charge on any atom is -0.366 e. The molecule has 1 unspecified atom stereocenters. The van der Waals surface area contributed by atoms with E-state index in [-0.39, 0.29) is 11.9 Å². The molecule has 0 bridgehead atoms. The van der Waals surface area contributed by atoms with Gasteiger partial charge in [-0.25, -0.2) is 0 Å². The fourth-order valence-corrected chi connectivity index (χ4v) is 3.26. The number of hydrogen-bond acceptors (Lipinski definition) is 3. The van der Waals surface area contributed by atoms with Gasteiger partial charge in [0.2, 0.25) is 5.91 Å². The van der Waals surface area contributed by atoms with Gasteiger partial charge in [0.25, 0.3) is 5.91 Å². The molecule has 5 nitrogen and oxygen atoms in total. The van der Waals surface area contributed by atoms with Crippen molar-refractivity contribution in [1.82, 2.24) is 10.2 Å². The summed E-state index contributed by atoms with van der Waals surface area (Å²) in [6, 6.07) is 16.9. The van der Waals surface area contributed by atoms with Crippen LogP contribution in [0.15, 0.2) is 54.6 Å². The molecule has 0 saturated carbocycles. The Morgan fingerprint density at radius 2 is 1.56 bits per heavy atom. The van der Waals surface area contributed by atoms with E-state index in [1.807, 2.05) is 18.2 Å². The lowest BCUT2D eigenvalue weighted by molar-refractivity contribution is 0.0935. The minimum atomic E-state index is -0.495. The first-order chi connectivity index (χ1) is 12.1. The highest BCUT2D eigenvalue weighted by Crippen LogP contribution is 2.24. The summed E-state index contributed by atoms with van der Waals surface area (Å²) in [6.07, 6.45) is 2.40. The Hall–Kier alpha value is -2.66. The van der Waals surface area contributed by atoms with Gasteiger partial charge in [-0.2, -0.15) is 0 Å². The van der Waals surface area contributed by atoms with Gasteiger partial charge < -0.3 is 11.1 Å². The molecular weight excluding hydrogens is 314 g/mol. The van der Waals surface area contributed by atoms with Gasteiger partial charge in [-0.1, -0.05) is 30.3 Å². The Kier molecular flexibility index (Phi) is 5.46. The summed E-state index contributed by atoms with van der Waals surface area (Å²) in [5.41, 5.74) is 7.37. The molecule has 2 aromatic rings. The molecule has 3 N–H and O–H groups in total. The van der Waals surface area contributed by atoms with Crippen LogP contribution in [0.2, 0.25) is 0 Å². The topological polar surface area (TPSA) is 75.4 Å². The van der Waals surface area contributed by atoms with Crippen LogP contribution >= 0.6 is 0 Å². The smallest absolute Gasteiger partial charge is 0.251 e. The molecule has 1 fully saturated rings. The third-order valence-electron chi connectivity index (χ3n) is 4.65. The van der Waals surface area contributed by atoms with Crippen LogP contribution < -0.4 is 11.1 Å². The molecule has 1 atom stereocenters. The molecule has 2 amide bonds. The Balaban J connectivity index is 1.68. The second kappa shape index (κ2) is 7.94. The number of likely N-dealkylation sites (tertiary alicyclic amines) is 1. The maximum Gasteiger partial charge on any atom is 0.251 e. The lowest BCUT2D eigenvalue weighted by Crippen LogP contribution is -2.36. The zero-order chi connectivity index (χ0) is 17.6. The molecule has 2 aromatic carbocycles. The number of nitrogens with one attached hydrogen (secondary N) is 1. The lowest BCUT2D eigenvalue weighted by atomic mass is 10.1. The van der Waals surface area contributed by atoms with Crippen LogP contribution in [-0.2, 0) is 0 Å². The van der Waals surface area contributed by atoms with Crippen LogP contribution in [0.25, 0.3) is 0 Å². The number of benzene rings is 2. The second-order valence-corrected chi connectivity index (χ2v) is 6.32. The zero-order valence-corrected chi connectivity index (χ0v) is 14.2. The quantitative estimate of drug-likeness (QED) is 0.849. The number of rotatable bonds is 6. The first-order valence-electron chi connectivity index (χ1n) is 8.62. The molecule has 25 heavy (non-hydrogen) atoms. The molecule has 1 aliphatic heterocycles. The molecule has 0 aliphatic carbocycles. The summed E-state index contributed by atoms with van der Waals surface area (Å²) in [5.74, 6) is -0.638. The average molecular weight is 337 g/mol. The van der Waals surface area contributed by atoms with E-state index < -0.39 is 5.91 Å². The summed E-state index contributed by atoms with van der Waals surface area (Å²) in [6.45, 7) is 2.67. The van der Waals surface area contributed by atoms with Crippen LogP contribution in [0, 0.1) is 0 Å². The van der Waals surface area contributed by atoms with Crippen LogP contribution in [0.1, 0.15) is 45.2 Å². The monoisotopic (exact) mass is 337 g/mol. The molecule has 1 heterocycles. The zero-order valence-electron chi connectivity index (χ0n) is 14.2. The third kappa shape index (κ3) is 4.25. The lowest BCUT2D eigenvalue weighted by Gasteiger charge is -2.28. The van der Waals surface area contributed by atoms with Gasteiger partial charge in [0.15, 0.2) is 0 Å². The Morgan fingerprint density at radius 1 is 0.960 bits per heavy atom. The molecule has 0 aromatic heterocycles. The SMILES string of the molecule is NC(=O)c1ccc(C(=O)NCC(c2ccccc2)N2CCCC2)cc1. The van der Waals surface area contributed by atoms with Crippen molar-refractivity contribution in [1.29, 1.82) is 0 Å². The second-order valence-electron chi connectivity index (χ2n) is 6.32. The van der Waals surface area contributed by atoms with Crippen molar-refractivity contribution in [2.45, 2.75) is 18.9 Å². The molecule has 0 radical (unpaired) electrons. The first kappa shape index (κ1) is 17.2. The van der Waals surface area contributed by atoms with Gasteiger partial charge in [0, 0.05) is 17.7 Å². The Morgan fingerprint density at radius 3 is 2.16 bits per heavy atom. The van der Waals surface area contributed by atoms with Gasteiger partial charge in [0.05, 0.1) is 6.04 Å². The van der Waals surface area contributed by atoms with Gasteiger partial charge in [0.1, 0.15) is 0 Å². The summed E-state index contributed by atoms with van der Waals surface area (Å²) >= 11 is 0. The highest BCUT2D eigenvalue weighted by Gasteiger charge is 2.23. The fraction of sp³-hybridized carbons (Fsp3) is 0.300. The summed E-state index contributed by atoms with van der Waals surface area (Å²) in [7, 11) is 0. The van der Waals surface area contributed by atoms with Gasteiger partial charge in [-0.3, -0.25) is 14.5 Å². The van der Waals surface area contributed by atoms with E-state index in [9.17, 15) is 9.59 Å². The molecule has 5 heteroatoms.